The van der Waals surface area contributed by atoms with Gasteiger partial charge >= 0.3 is 0 Å². The topological polar surface area (TPSA) is 54.4 Å². The molecule has 15 heavy (non-hydrogen) atoms. The summed E-state index contributed by atoms with van der Waals surface area (Å²) in [6.07, 6.45) is 0. The molecule has 5 heteroatoms. The fourth-order valence-electron chi connectivity index (χ4n) is 1.47. The molecule has 0 bridgehead atoms. The molecule has 0 amide bonds. The first kappa shape index (κ1) is 10.4. The van der Waals surface area contributed by atoms with Gasteiger partial charge in [0.05, 0.1) is 0 Å². The van der Waals surface area contributed by atoms with Crippen LogP contribution >= 0.6 is 11.6 Å². The normalized spacial score (nSPS) is 11.9. The number of rotatable bonds is 1. The third-order valence-electron chi connectivity index (χ3n) is 2.11. The lowest BCUT2D eigenvalue weighted by molar-refractivity contribution is 0.484. The molecule has 0 heterocycles. The summed E-state index contributed by atoms with van der Waals surface area (Å²) in [7, 11) is -4.20. The van der Waals surface area contributed by atoms with Crippen molar-refractivity contribution < 1.29 is 13.0 Å². The number of hydrogen-bond acceptors (Lipinski definition) is 2. The van der Waals surface area contributed by atoms with Gasteiger partial charge in [-0.25, -0.2) is 0 Å². The van der Waals surface area contributed by atoms with Crippen LogP contribution in [-0.2, 0) is 10.1 Å². The van der Waals surface area contributed by atoms with Gasteiger partial charge in [-0.15, -0.1) is 0 Å². The van der Waals surface area contributed by atoms with Crippen LogP contribution in [0.25, 0.3) is 10.8 Å². The molecule has 0 saturated heterocycles. The van der Waals surface area contributed by atoms with Gasteiger partial charge in [0.15, 0.2) is 0 Å². The van der Waals surface area contributed by atoms with Crippen LogP contribution in [0.2, 0.25) is 5.02 Å². The van der Waals surface area contributed by atoms with Gasteiger partial charge in [0.1, 0.15) is 4.90 Å². The van der Waals surface area contributed by atoms with E-state index in [2.05, 4.69) is 0 Å². The molecule has 0 aliphatic heterocycles. The van der Waals surface area contributed by atoms with E-state index in [-0.39, 0.29) is 4.90 Å². The predicted octanol–water partition coefficient (Wildman–Crippen LogP) is 2.74. The summed E-state index contributed by atoms with van der Waals surface area (Å²) >= 11 is 5.90. The minimum absolute atomic E-state index is 0.123. The van der Waals surface area contributed by atoms with E-state index in [1.54, 1.807) is 24.3 Å². The summed E-state index contributed by atoms with van der Waals surface area (Å²) in [5.74, 6) is 0. The molecule has 3 nitrogen and oxygen atoms in total. The highest BCUT2D eigenvalue weighted by Gasteiger charge is 2.13. The SMILES string of the molecule is O=S(=O)(O)c1cccc2c(Cl)cccc12. The Morgan fingerprint density at radius 1 is 1.00 bits per heavy atom. The largest absolute Gasteiger partial charge is 0.295 e. The summed E-state index contributed by atoms with van der Waals surface area (Å²) in [5.41, 5.74) is 0. The summed E-state index contributed by atoms with van der Waals surface area (Å²) in [6.45, 7) is 0. The molecule has 0 spiro atoms. The molecule has 0 radical (unpaired) electrons. The van der Waals surface area contributed by atoms with Gasteiger partial charge in [-0.3, -0.25) is 4.55 Å². The maximum Gasteiger partial charge on any atom is 0.295 e. The van der Waals surface area contributed by atoms with Gasteiger partial charge in [-0.1, -0.05) is 35.9 Å². The Labute approximate surface area is 92.0 Å². The quantitative estimate of drug-likeness (QED) is 0.783. The number of fused-ring (bicyclic) bond motifs is 1. The lowest BCUT2D eigenvalue weighted by Gasteiger charge is -2.04. The molecule has 0 fully saturated rings. The van der Waals surface area contributed by atoms with E-state index >= 15 is 0 Å². The highest BCUT2D eigenvalue weighted by Crippen LogP contribution is 2.28. The molecule has 2 aromatic carbocycles. The van der Waals surface area contributed by atoms with Crippen LogP contribution in [-0.4, -0.2) is 13.0 Å². The molecular formula is C10H7ClO3S. The van der Waals surface area contributed by atoms with E-state index < -0.39 is 10.1 Å². The Morgan fingerprint density at radius 2 is 1.60 bits per heavy atom. The first-order valence-corrected chi connectivity index (χ1v) is 5.97. The molecule has 2 aromatic rings. The zero-order chi connectivity index (χ0) is 11.1. The molecule has 0 aromatic heterocycles. The number of halogens is 1. The van der Waals surface area contributed by atoms with Gasteiger partial charge in [-0.2, -0.15) is 8.42 Å². The number of hydrogen-bond donors (Lipinski definition) is 1. The second-order valence-corrected chi connectivity index (χ2v) is 4.86. The second-order valence-electron chi connectivity index (χ2n) is 3.07. The second kappa shape index (κ2) is 3.48. The molecule has 0 atom stereocenters. The maximum atomic E-state index is 11.1. The highest BCUT2D eigenvalue weighted by molar-refractivity contribution is 7.86. The Morgan fingerprint density at radius 3 is 2.27 bits per heavy atom. The minimum Gasteiger partial charge on any atom is -0.282 e. The van der Waals surface area contributed by atoms with Crippen LogP contribution < -0.4 is 0 Å². The Bertz CT molecular complexity index is 620. The minimum atomic E-state index is -4.20. The molecule has 0 aliphatic carbocycles. The van der Waals surface area contributed by atoms with Crippen LogP contribution in [0.15, 0.2) is 41.3 Å². The van der Waals surface area contributed by atoms with Crippen molar-refractivity contribution in [3.8, 4) is 0 Å². The highest BCUT2D eigenvalue weighted by atomic mass is 35.5. The molecule has 1 N–H and O–H groups in total. The van der Waals surface area contributed by atoms with Crippen LogP contribution in [0.1, 0.15) is 0 Å². The summed E-state index contributed by atoms with van der Waals surface area (Å²) in [4.78, 5) is -0.123. The monoisotopic (exact) mass is 242 g/mol. The van der Waals surface area contributed by atoms with Crippen molar-refractivity contribution in [2.24, 2.45) is 0 Å². The van der Waals surface area contributed by atoms with Crippen molar-refractivity contribution in [2.45, 2.75) is 4.90 Å². The molecular weight excluding hydrogens is 236 g/mol. The molecule has 0 aliphatic rings. The average molecular weight is 243 g/mol. The fourth-order valence-corrected chi connectivity index (χ4v) is 2.41. The van der Waals surface area contributed by atoms with Crippen molar-refractivity contribution >= 4 is 32.5 Å². The van der Waals surface area contributed by atoms with Crippen molar-refractivity contribution in [1.82, 2.24) is 0 Å². The standard InChI is InChI=1S/C10H7ClO3S/c11-9-5-1-4-8-7(9)3-2-6-10(8)15(12,13)14/h1-6H,(H,12,13,14). The van der Waals surface area contributed by atoms with Crippen molar-refractivity contribution in [2.75, 3.05) is 0 Å². The summed E-state index contributed by atoms with van der Waals surface area (Å²) in [5, 5.41) is 1.49. The molecule has 2 rings (SSSR count). The Hall–Kier alpha value is -1.10. The molecule has 0 saturated carbocycles. The lowest BCUT2D eigenvalue weighted by Crippen LogP contribution is -1.98. The van der Waals surface area contributed by atoms with Gasteiger partial charge in [0.2, 0.25) is 0 Å². The first-order valence-electron chi connectivity index (χ1n) is 4.15. The van der Waals surface area contributed by atoms with Gasteiger partial charge in [0.25, 0.3) is 10.1 Å². The van der Waals surface area contributed by atoms with Crippen molar-refractivity contribution in [3.05, 3.63) is 41.4 Å². The third kappa shape index (κ3) is 1.84. The van der Waals surface area contributed by atoms with E-state index in [1.165, 1.54) is 12.1 Å². The molecule has 0 unspecified atom stereocenters. The third-order valence-corrected chi connectivity index (χ3v) is 3.35. The summed E-state index contributed by atoms with van der Waals surface area (Å²) < 4.78 is 31.1. The van der Waals surface area contributed by atoms with Crippen molar-refractivity contribution in [1.29, 1.82) is 0 Å². The van der Waals surface area contributed by atoms with Crippen LogP contribution in [0.4, 0.5) is 0 Å². The van der Waals surface area contributed by atoms with Crippen LogP contribution in [0.3, 0.4) is 0 Å². The summed E-state index contributed by atoms with van der Waals surface area (Å²) in [6, 6.07) is 9.49. The van der Waals surface area contributed by atoms with Crippen LogP contribution in [0, 0.1) is 0 Å². The predicted molar refractivity (Wildman–Crippen MR) is 58.8 cm³/mol. The smallest absolute Gasteiger partial charge is 0.282 e. The maximum absolute atomic E-state index is 11.1. The van der Waals surface area contributed by atoms with Crippen LogP contribution in [0.5, 0.6) is 0 Å². The van der Waals surface area contributed by atoms with E-state index in [9.17, 15) is 8.42 Å². The molecule has 78 valence electrons. The zero-order valence-electron chi connectivity index (χ0n) is 7.51. The van der Waals surface area contributed by atoms with Gasteiger partial charge in [0, 0.05) is 15.8 Å². The lowest BCUT2D eigenvalue weighted by atomic mass is 10.1. The Kier molecular flexibility index (Phi) is 2.42. The number of benzene rings is 2. The Balaban J connectivity index is 2.96. The fraction of sp³-hybridized carbons (Fsp3) is 0. The first-order chi connectivity index (χ1) is 7.00. The van der Waals surface area contributed by atoms with E-state index in [4.69, 9.17) is 16.2 Å². The zero-order valence-corrected chi connectivity index (χ0v) is 9.09. The van der Waals surface area contributed by atoms with Gasteiger partial charge < -0.3 is 0 Å². The van der Waals surface area contributed by atoms with E-state index in [0.717, 1.165) is 0 Å². The average Bonchev–Trinajstić information content (AvgIpc) is 2.16. The van der Waals surface area contributed by atoms with Gasteiger partial charge in [-0.05, 0) is 12.1 Å². The van der Waals surface area contributed by atoms with E-state index in [0.29, 0.717) is 15.8 Å². The van der Waals surface area contributed by atoms with Crippen molar-refractivity contribution in [3.63, 3.8) is 0 Å². The van der Waals surface area contributed by atoms with E-state index in [1.807, 2.05) is 0 Å².